The Balaban J connectivity index is 0.000000229. The first-order chi connectivity index (χ1) is 23.5. The van der Waals surface area contributed by atoms with Crippen LogP contribution >= 0.6 is 12.4 Å². The van der Waals surface area contributed by atoms with Gasteiger partial charge >= 0.3 is 6.09 Å². The Morgan fingerprint density at radius 2 is 1.30 bits per heavy atom. The van der Waals surface area contributed by atoms with Crippen LogP contribution in [-0.2, 0) is 14.3 Å². The fourth-order valence-corrected chi connectivity index (χ4v) is 6.29. The number of anilines is 4. The van der Waals surface area contributed by atoms with E-state index in [2.05, 4.69) is 25.6 Å². The van der Waals surface area contributed by atoms with Crippen molar-refractivity contribution in [1.29, 1.82) is 0 Å². The van der Waals surface area contributed by atoms with Crippen molar-refractivity contribution in [2.45, 2.75) is 90.6 Å². The number of amides is 2. The normalized spacial score (nSPS) is 15.2. The van der Waals surface area contributed by atoms with E-state index in [1.54, 1.807) is 27.0 Å². The maximum Gasteiger partial charge on any atom is 0.421 e. The van der Waals surface area contributed by atoms with Gasteiger partial charge in [0, 0.05) is 34.3 Å². The molecule has 7 N–H and O–H groups in total. The number of aromatic nitrogens is 4. The summed E-state index contributed by atoms with van der Waals surface area (Å²) in [6, 6.07) is 15.0. The molecule has 2 saturated carbocycles. The van der Waals surface area contributed by atoms with Gasteiger partial charge in [-0.1, -0.05) is 62.8 Å². The first-order valence-corrected chi connectivity index (χ1v) is 17.2. The van der Waals surface area contributed by atoms with Crippen LogP contribution in [0.25, 0.3) is 22.5 Å². The highest BCUT2D eigenvalue weighted by Crippen LogP contribution is 2.29. The molecule has 2 aromatic carbocycles. The second-order valence-electron chi connectivity index (χ2n) is 13.8. The number of carbonyl (C=O) groups excluding carboxylic acids is 3. The molecule has 0 saturated heterocycles. The Morgan fingerprint density at radius 1 is 0.780 bits per heavy atom. The quantitative estimate of drug-likeness (QED) is 0.134. The van der Waals surface area contributed by atoms with Gasteiger partial charge in [-0.25, -0.2) is 19.3 Å². The maximum absolute atomic E-state index is 12.6. The molecule has 2 fully saturated rings. The summed E-state index contributed by atoms with van der Waals surface area (Å²) in [5.74, 6) is 0.862. The number of nitrogens with two attached hydrogens (primary N) is 2. The van der Waals surface area contributed by atoms with Crippen molar-refractivity contribution in [1.82, 2.24) is 19.5 Å². The van der Waals surface area contributed by atoms with Crippen molar-refractivity contribution in [3.8, 4) is 22.5 Å². The Hall–Kier alpha value is -4.84. The third-order valence-electron chi connectivity index (χ3n) is 8.78. The molecule has 4 aromatic rings. The van der Waals surface area contributed by atoms with E-state index in [1.807, 2.05) is 48.5 Å². The van der Waals surface area contributed by atoms with E-state index in [0.717, 1.165) is 73.9 Å². The third kappa shape index (κ3) is 10.3. The molecular weight excluding hydrogens is 656 g/mol. The second-order valence-corrected chi connectivity index (χ2v) is 13.8. The van der Waals surface area contributed by atoms with E-state index >= 15 is 0 Å². The fourth-order valence-electron chi connectivity index (χ4n) is 6.29. The minimum atomic E-state index is -0.652. The molecule has 13 heteroatoms. The minimum absolute atomic E-state index is 0. The zero-order chi connectivity index (χ0) is 35.0. The fraction of sp³-hybridized carbons (Fsp3) is 0.432. The summed E-state index contributed by atoms with van der Waals surface area (Å²) < 4.78 is 6.68. The number of nitrogens with zero attached hydrogens (tertiary/aromatic N) is 3. The number of benzene rings is 2. The van der Waals surface area contributed by atoms with Gasteiger partial charge in [-0.05, 0) is 70.7 Å². The maximum atomic E-state index is 12.6. The summed E-state index contributed by atoms with van der Waals surface area (Å²) in [4.78, 5) is 48.4. The summed E-state index contributed by atoms with van der Waals surface area (Å²) in [6.07, 6.45) is 13.5. The van der Waals surface area contributed by atoms with Gasteiger partial charge < -0.3 is 31.8 Å². The highest BCUT2D eigenvalue weighted by Gasteiger charge is 2.25. The predicted molar refractivity (Wildman–Crippen MR) is 200 cm³/mol. The topological polar surface area (TPSA) is 183 Å². The molecule has 0 radical (unpaired) electrons. The number of ether oxygens (including phenoxy) is 1. The molecule has 50 heavy (non-hydrogen) atoms. The summed E-state index contributed by atoms with van der Waals surface area (Å²) >= 11 is 0. The van der Waals surface area contributed by atoms with Crippen LogP contribution in [0.15, 0.2) is 60.9 Å². The number of nitrogens with one attached hydrogen (secondary N) is 3. The van der Waals surface area contributed by atoms with Crippen molar-refractivity contribution in [3.63, 3.8) is 0 Å². The van der Waals surface area contributed by atoms with Crippen LogP contribution in [0.2, 0.25) is 0 Å². The number of imidazole rings is 2. The smallest absolute Gasteiger partial charge is 0.421 e. The molecule has 0 aliphatic heterocycles. The van der Waals surface area contributed by atoms with Crippen LogP contribution in [0.4, 0.5) is 28.1 Å². The highest BCUT2D eigenvalue weighted by atomic mass is 35.5. The van der Waals surface area contributed by atoms with Gasteiger partial charge in [0.05, 0.1) is 23.8 Å². The van der Waals surface area contributed by atoms with Crippen molar-refractivity contribution < 1.29 is 19.1 Å². The Morgan fingerprint density at radius 3 is 1.80 bits per heavy atom. The van der Waals surface area contributed by atoms with E-state index < -0.39 is 11.7 Å². The first-order valence-electron chi connectivity index (χ1n) is 17.2. The Labute approximate surface area is 299 Å². The molecule has 2 aliphatic rings. The largest absolute Gasteiger partial charge is 0.443 e. The van der Waals surface area contributed by atoms with Crippen molar-refractivity contribution >= 4 is 53.6 Å². The average molecular weight is 705 g/mol. The standard InChI is InChI=1S/C21H28N4O3.C16H20N4O.ClH/c1-21(2,3)28-20(27)25-17(13-23-19(25)22)15-10-7-11-16(12-15)24-18(26)14-8-5-4-6-9-14;17-16-18-10-14(20-16)12-7-4-8-13(9-12)19-15(21)11-5-2-1-3-6-11;/h7,10-14H,4-6,8-9H2,1-3H3,(H2,22,23)(H,24,26);4,7-11H,1-3,5-6H2,(H,19,21)(H3,17,18,20);1H. The number of hydrogen-bond acceptors (Lipinski definition) is 8. The molecule has 0 atom stereocenters. The van der Waals surface area contributed by atoms with Crippen LogP contribution in [-0.4, -0.2) is 43.0 Å². The van der Waals surface area contributed by atoms with E-state index in [1.165, 1.54) is 23.6 Å². The monoisotopic (exact) mass is 704 g/mol. The van der Waals surface area contributed by atoms with Crippen LogP contribution < -0.4 is 22.1 Å². The Bertz CT molecular complexity index is 1750. The second kappa shape index (κ2) is 17.2. The van der Waals surface area contributed by atoms with Gasteiger partial charge in [-0.15, -0.1) is 12.4 Å². The first kappa shape index (κ1) is 38.0. The van der Waals surface area contributed by atoms with Gasteiger partial charge in [0.1, 0.15) is 5.60 Å². The average Bonchev–Trinajstić information content (AvgIpc) is 3.71. The van der Waals surface area contributed by atoms with E-state index in [4.69, 9.17) is 16.2 Å². The van der Waals surface area contributed by atoms with E-state index in [-0.39, 0.29) is 42.0 Å². The molecule has 0 bridgehead atoms. The van der Waals surface area contributed by atoms with Crippen LogP contribution in [0.1, 0.15) is 85.0 Å². The number of aromatic amines is 1. The molecule has 12 nitrogen and oxygen atoms in total. The third-order valence-corrected chi connectivity index (χ3v) is 8.78. The predicted octanol–water partition coefficient (Wildman–Crippen LogP) is 8.03. The van der Waals surface area contributed by atoms with Gasteiger partial charge in [-0.3, -0.25) is 9.59 Å². The molecule has 2 aromatic heterocycles. The lowest BCUT2D eigenvalue weighted by Gasteiger charge is -2.21. The lowest BCUT2D eigenvalue weighted by Crippen LogP contribution is -2.28. The van der Waals surface area contributed by atoms with Crippen LogP contribution in [0.5, 0.6) is 0 Å². The molecule has 0 spiro atoms. The lowest BCUT2D eigenvalue weighted by molar-refractivity contribution is -0.121. The summed E-state index contributed by atoms with van der Waals surface area (Å²) in [5.41, 5.74) is 15.4. The van der Waals surface area contributed by atoms with Gasteiger partial charge in [-0.2, -0.15) is 0 Å². The number of rotatable bonds is 6. The number of hydrogen-bond donors (Lipinski definition) is 5. The minimum Gasteiger partial charge on any atom is -0.443 e. The SMILES string of the molecule is CC(C)(C)OC(=O)n1c(-c2cccc(NC(=O)C3CCCCC3)c2)cnc1N.Cl.Nc1ncc(-c2cccc(NC(=O)C3CCCCC3)c2)[nH]1. The van der Waals surface area contributed by atoms with Crippen molar-refractivity contribution in [2.24, 2.45) is 11.8 Å². The number of nitrogen functional groups attached to an aromatic ring is 2. The van der Waals surface area contributed by atoms with Crippen molar-refractivity contribution in [3.05, 3.63) is 60.9 Å². The van der Waals surface area contributed by atoms with Crippen LogP contribution in [0.3, 0.4) is 0 Å². The highest BCUT2D eigenvalue weighted by molar-refractivity contribution is 5.94. The summed E-state index contributed by atoms with van der Waals surface area (Å²) in [7, 11) is 0. The molecule has 2 amide bonds. The summed E-state index contributed by atoms with van der Waals surface area (Å²) in [6.45, 7) is 5.37. The Kier molecular flexibility index (Phi) is 13.1. The lowest BCUT2D eigenvalue weighted by atomic mass is 9.88. The molecule has 0 unspecified atom stereocenters. The molecular formula is C37H49ClN8O4. The number of H-pyrrole nitrogens is 1. The van der Waals surface area contributed by atoms with Gasteiger partial charge in [0.2, 0.25) is 17.8 Å². The van der Waals surface area contributed by atoms with E-state index in [0.29, 0.717) is 17.3 Å². The van der Waals surface area contributed by atoms with Crippen molar-refractivity contribution in [2.75, 3.05) is 22.1 Å². The summed E-state index contributed by atoms with van der Waals surface area (Å²) in [5, 5.41) is 6.02. The van der Waals surface area contributed by atoms with Crippen LogP contribution in [0, 0.1) is 11.8 Å². The zero-order valence-electron chi connectivity index (χ0n) is 29.0. The van der Waals surface area contributed by atoms with Gasteiger partial charge in [0.15, 0.2) is 5.95 Å². The number of halogens is 1. The molecule has 268 valence electrons. The van der Waals surface area contributed by atoms with E-state index in [9.17, 15) is 14.4 Å². The molecule has 2 heterocycles. The van der Waals surface area contributed by atoms with Gasteiger partial charge in [0.25, 0.3) is 0 Å². The molecule has 2 aliphatic carbocycles. The number of carbonyl (C=O) groups is 3. The zero-order valence-corrected chi connectivity index (χ0v) is 29.9. The molecule has 6 rings (SSSR count).